The minimum Gasteiger partial charge on any atom is -0.458 e. The molecule has 18 heteroatoms. The van der Waals surface area contributed by atoms with Crippen LogP contribution in [0.25, 0.3) is 0 Å². The van der Waals surface area contributed by atoms with Gasteiger partial charge in [-0.1, -0.05) is 41.0 Å². The number of carbonyl (C=O) groups excluding carboxylic acids is 1. The molecule has 0 aliphatic carbocycles. The molecule has 15 unspecified atom stereocenters. The predicted molar refractivity (Wildman–Crippen MR) is 216 cm³/mol. The van der Waals surface area contributed by atoms with Crippen LogP contribution in [0.1, 0.15) is 79.1 Å². The summed E-state index contributed by atoms with van der Waals surface area (Å²) in [5.74, 6) is -0.276. The molecule has 0 bridgehead atoms. The highest BCUT2D eigenvalue weighted by Crippen LogP contribution is 2.33. The van der Waals surface area contributed by atoms with Gasteiger partial charge in [0.25, 0.3) is 0 Å². The number of hydrogen-bond acceptors (Lipinski definition) is 18. The molecule has 0 aromatic rings. The number of hydrogen-bond donors (Lipinski definition) is 10. The standard InChI is InChI=1S/C43H68O18/c1-23(2)9-5-14-26(15-7-12-24(3)10-6-11-25(4)13-8-16-27-17-31(47)55-22-27)21-56-42-39(36(52)33(49)29(19-45)58-42)61-43-40(37(53)34(50)30(20-46)59-43)60-41-38(54)35(51)32(48)28(18-44)57-41/h9-10,13,15,17,28-30,32-46,48-54H,5-8,11-12,14,16,18-22H2,1-4H3. The Balaban J connectivity index is 1.45. The van der Waals surface area contributed by atoms with Crippen molar-refractivity contribution in [3.05, 3.63) is 58.2 Å². The highest BCUT2D eigenvalue weighted by Gasteiger charge is 2.54. The second kappa shape index (κ2) is 25.1. The average Bonchev–Trinajstić information content (AvgIpc) is 3.65. The predicted octanol–water partition coefficient (Wildman–Crippen LogP) is -0.159. The maximum absolute atomic E-state index is 11.3. The molecule has 0 saturated carbocycles. The van der Waals surface area contributed by atoms with E-state index in [1.165, 1.54) is 11.1 Å². The Hall–Kier alpha value is -2.47. The molecule has 0 aromatic carbocycles. The molecule has 3 fully saturated rings. The summed E-state index contributed by atoms with van der Waals surface area (Å²) in [4.78, 5) is 11.3. The zero-order valence-electron chi connectivity index (χ0n) is 35.5. The molecule has 4 heterocycles. The fourth-order valence-corrected chi connectivity index (χ4v) is 7.42. The van der Waals surface area contributed by atoms with Crippen molar-refractivity contribution in [2.75, 3.05) is 33.0 Å². The molecule has 61 heavy (non-hydrogen) atoms. The summed E-state index contributed by atoms with van der Waals surface area (Å²) < 4.78 is 40.1. The Bertz CT molecular complexity index is 1520. The van der Waals surface area contributed by atoms with Gasteiger partial charge < -0.3 is 84.2 Å². The third-order valence-corrected chi connectivity index (χ3v) is 11.2. The maximum atomic E-state index is 11.3. The number of aliphatic hydroxyl groups excluding tert-OH is 10. The van der Waals surface area contributed by atoms with Crippen LogP contribution in [0.2, 0.25) is 0 Å². The fourth-order valence-electron chi connectivity index (χ4n) is 7.42. The van der Waals surface area contributed by atoms with Gasteiger partial charge in [-0.05, 0) is 90.2 Å². The van der Waals surface area contributed by atoms with Crippen LogP contribution in [-0.4, -0.2) is 182 Å². The Kier molecular flexibility index (Phi) is 21.1. The van der Waals surface area contributed by atoms with E-state index in [1.807, 2.05) is 13.8 Å². The summed E-state index contributed by atoms with van der Waals surface area (Å²) >= 11 is 0. The quantitative estimate of drug-likeness (QED) is 0.0500. The van der Waals surface area contributed by atoms with E-state index < -0.39 is 112 Å². The molecule has 0 aromatic heterocycles. The Morgan fingerprint density at radius 3 is 1.66 bits per heavy atom. The van der Waals surface area contributed by atoms with E-state index in [-0.39, 0.29) is 12.6 Å². The molecule has 4 aliphatic rings. The Morgan fingerprint density at radius 2 is 1.10 bits per heavy atom. The molecule has 3 saturated heterocycles. The molecule has 0 amide bonds. The smallest absolute Gasteiger partial charge is 0.331 e. The van der Waals surface area contributed by atoms with Crippen molar-refractivity contribution in [3.63, 3.8) is 0 Å². The van der Waals surface area contributed by atoms with Crippen LogP contribution >= 0.6 is 0 Å². The second-order valence-electron chi connectivity index (χ2n) is 16.4. The van der Waals surface area contributed by atoms with E-state index in [0.717, 1.165) is 48.8 Å². The van der Waals surface area contributed by atoms with Gasteiger partial charge in [0.05, 0.1) is 26.4 Å². The number of rotatable bonds is 22. The fraction of sp³-hybridized carbons (Fsp3) is 0.744. The van der Waals surface area contributed by atoms with Gasteiger partial charge >= 0.3 is 5.97 Å². The first-order chi connectivity index (χ1) is 29.1. The molecular weight excluding hydrogens is 804 g/mol. The number of aliphatic hydroxyl groups is 10. The summed E-state index contributed by atoms with van der Waals surface area (Å²) in [5.41, 5.74) is 5.54. The molecule has 348 valence electrons. The van der Waals surface area contributed by atoms with Gasteiger partial charge in [-0.15, -0.1) is 0 Å². The highest BCUT2D eigenvalue weighted by molar-refractivity contribution is 5.85. The number of allylic oxidation sites excluding steroid dienone is 7. The van der Waals surface area contributed by atoms with E-state index in [9.17, 15) is 55.9 Å². The van der Waals surface area contributed by atoms with Crippen LogP contribution in [0.5, 0.6) is 0 Å². The van der Waals surface area contributed by atoms with Crippen molar-refractivity contribution >= 4 is 5.97 Å². The Labute approximate surface area is 356 Å². The lowest BCUT2D eigenvalue weighted by atomic mass is 9.96. The van der Waals surface area contributed by atoms with Gasteiger partial charge in [-0.3, -0.25) is 0 Å². The first kappa shape index (κ1) is 51.2. The van der Waals surface area contributed by atoms with E-state index in [2.05, 4.69) is 38.2 Å². The van der Waals surface area contributed by atoms with Crippen molar-refractivity contribution < 1.29 is 89.0 Å². The lowest BCUT2D eigenvalue weighted by Gasteiger charge is -2.48. The molecule has 15 atom stereocenters. The van der Waals surface area contributed by atoms with Crippen LogP contribution in [0.3, 0.4) is 0 Å². The van der Waals surface area contributed by atoms with E-state index >= 15 is 0 Å². The van der Waals surface area contributed by atoms with Crippen molar-refractivity contribution in [1.82, 2.24) is 0 Å². The van der Waals surface area contributed by atoms with Crippen LogP contribution in [-0.2, 0) is 38.0 Å². The van der Waals surface area contributed by atoms with Crippen molar-refractivity contribution in [2.45, 2.75) is 171 Å². The third-order valence-electron chi connectivity index (χ3n) is 11.2. The molecule has 18 nitrogen and oxygen atoms in total. The van der Waals surface area contributed by atoms with E-state index in [4.69, 9.17) is 33.2 Å². The summed E-state index contributed by atoms with van der Waals surface area (Å²) in [5, 5.41) is 105. The summed E-state index contributed by atoms with van der Waals surface area (Å²) in [6, 6.07) is 0. The monoisotopic (exact) mass is 872 g/mol. The SMILES string of the molecule is CC(C)=CCCC(=CCCC(C)=CCCC(C)=CCCC1=CC(=O)OC1)COC1OC(CO)C(O)C(O)C1OC1OC(CO)C(O)C(O)C1OC1OC(CO)C(O)C(O)C1O. The lowest BCUT2D eigenvalue weighted by Crippen LogP contribution is -2.67. The van der Waals surface area contributed by atoms with Crippen LogP contribution in [0.4, 0.5) is 0 Å². The van der Waals surface area contributed by atoms with Crippen LogP contribution < -0.4 is 0 Å². The second-order valence-corrected chi connectivity index (χ2v) is 16.4. The normalized spacial score (nSPS) is 36.5. The minimum atomic E-state index is -1.91. The number of ether oxygens (including phenoxy) is 7. The molecule has 4 aliphatic heterocycles. The molecule has 10 N–H and O–H groups in total. The summed E-state index contributed by atoms with van der Waals surface area (Å²) in [6.07, 6.45) is -8.73. The van der Waals surface area contributed by atoms with Crippen molar-refractivity contribution in [3.8, 4) is 0 Å². The largest absolute Gasteiger partial charge is 0.458 e. The number of carbonyl (C=O) groups is 1. The van der Waals surface area contributed by atoms with Gasteiger partial charge in [0, 0.05) is 6.08 Å². The van der Waals surface area contributed by atoms with Gasteiger partial charge in [0.2, 0.25) is 0 Å². The summed E-state index contributed by atoms with van der Waals surface area (Å²) in [7, 11) is 0. The molecular formula is C43H68O18. The summed E-state index contributed by atoms with van der Waals surface area (Å²) in [6.45, 7) is 6.27. The molecule has 4 rings (SSSR count). The molecule has 0 spiro atoms. The van der Waals surface area contributed by atoms with Crippen molar-refractivity contribution in [2.24, 2.45) is 0 Å². The van der Waals surface area contributed by atoms with Gasteiger partial charge in [-0.25, -0.2) is 4.79 Å². The maximum Gasteiger partial charge on any atom is 0.331 e. The number of esters is 1. The van der Waals surface area contributed by atoms with E-state index in [1.54, 1.807) is 6.08 Å². The van der Waals surface area contributed by atoms with Gasteiger partial charge in [0.15, 0.2) is 18.9 Å². The zero-order valence-corrected chi connectivity index (χ0v) is 35.5. The highest BCUT2D eigenvalue weighted by atomic mass is 16.8. The topological polar surface area (TPSA) is 284 Å². The molecule has 0 radical (unpaired) electrons. The van der Waals surface area contributed by atoms with Crippen LogP contribution in [0.15, 0.2) is 58.2 Å². The minimum absolute atomic E-state index is 0.0110. The first-order valence-corrected chi connectivity index (χ1v) is 21.0. The van der Waals surface area contributed by atoms with Gasteiger partial charge in [-0.2, -0.15) is 0 Å². The number of cyclic esters (lactones) is 1. The van der Waals surface area contributed by atoms with Crippen LogP contribution in [0, 0.1) is 0 Å². The van der Waals surface area contributed by atoms with Gasteiger partial charge in [0.1, 0.15) is 79.9 Å². The third kappa shape index (κ3) is 14.8. The lowest BCUT2D eigenvalue weighted by molar-refractivity contribution is -0.393. The first-order valence-electron chi connectivity index (χ1n) is 21.0. The zero-order chi connectivity index (χ0) is 44.8. The van der Waals surface area contributed by atoms with E-state index in [0.29, 0.717) is 25.9 Å². The Morgan fingerprint density at radius 1 is 0.607 bits per heavy atom. The average molecular weight is 873 g/mol. The van der Waals surface area contributed by atoms with Crippen molar-refractivity contribution in [1.29, 1.82) is 0 Å².